The first-order chi connectivity index (χ1) is 29.9. The molecule has 2 atom stereocenters. The minimum atomic E-state index is -4.44. The van der Waals surface area contributed by atoms with E-state index in [0.29, 0.717) is 41.5 Å². The predicted octanol–water partition coefficient (Wildman–Crippen LogP) is 9.56. The number of rotatable bonds is 15. The van der Waals surface area contributed by atoms with Gasteiger partial charge in [0, 0.05) is 50.8 Å². The van der Waals surface area contributed by atoms with E-state index in [0.717, 1.165) is 19.4 Å². The molecule has 4 heterocycles. The largest absolute Gasteiger partial charge is 0.468 e. The number of fused-ring (bicyclic) bond motifs is 3. The van der Waals surface area contributed by atoms with Crippen molar-refractivity contribution in [2.24, 2.45) is 0 Å². The van der Waals surface area contributed by atoms with Gasteiger partial charge < -0.3 is 19.1 Å². The SMILES string of the molecule is COCOc1cc(-c2nc(N(C)CCc3cccc(S(=O)(=O)O)c3)c3cnc(OC[C@@]45CCCN4C[C@H](F)C5)nc3c2F)c2c(C#C[Si](C(C)C)(C(C)C)C(C)C)c(F)ccc2c1. The summed E-state index contributed by atoms with van der Waals surface area (Å²) < 4.78 is 99.6. The van der Waals surface area contributed by atoms with Crippen molar-refractivity contribution in [3.63, 3.8) is 0 Å². The summed E-state index contributed by atoms with van der Waals surface area (Å²) in [6, 6.07) is 12.2. The van der Waals surface area contributed by atoms with Crippen LogP contribution in [0.1, 0.15) is 71.9 Å². The van der Waals surface area contributed by atoms with E-state index in [4.69, 9.17) is 19.2 Å². The Labute approximate surface area is 369 Å². The van der Waals surface area contributed by atoms with Crippen LogP contribution < -0.4 is 14.4 Å². The van der Waals surface area contributed by atoms with Gasteiger partial charge in [-0.25, -0.2) is 23.1 Å². The van der Waals surface area contributed by atoms with Gasteiger partial charge in [-0.15, -0.1) is 5.54 Å². The van der Waals surface area contributed by atoms with Crippen molar-refractivity contribution < 1.29 is 40.4 Å². The number of aromatic nitrogens is 3. The molecular formula is C47H56F3N5O6SSi. The van der Waals surface area contributed by atoms with Crippen LogP contribution in [0.4, 0.5) is 19.0 Å². The Morgan fingerprint density at radius 2 is 1.78 bits per heavy atom. The topological polar surface area (TPSA) is 127 Å². The zero-order valence-corrected chi connectivity index (χ0v) is 39.0. The molecule has 63 heavy (non-hydrogen) atoms. The zero-order valence-electron chi connectivity index (χ0n) is 37.1. The third-order valence-electron chi connectivity index (χ3n) is 13.1. The Morgan fingerprint density at radius 1 is 1.03 bits per heavy atom. The molecule has 2 saturated heterocycles. The molecule has 336 valence electrons. The normalized spacial score (nSPS) is 18.1. The lowest BCUT2D eigenvalue weighted by molar-refractivity contribution is 0.0512. The summed E-state index contributed by atoms with van der Waals surface area (Å²) in [4.78, 5) is 17.7. The van der Waals surface area contributed by atoms with E-state index in [1.807, 2.05) is 0 Å². The van der Waals surface area contributed by atoms with Crippen LogP contribution in [0.2, 0.25) is 16.6 Å². The average Bonchev–Trinajstić information content (AvgIpc) is 3.77. The highest BCUT2D eigenvalue weighted by Crippen LogP contribution is 2.44. The number of benzene rings is 3. The van der Waals surface area contributed by atoms with E-state index in [1.54, 1.807) is 42.3 Å². The van der Waals surface area contributed by atoms with Gasteiger partial charge in [0.15, 0.2) is 12.6 Å². The first-order valence-corrected chi connectivity index (χ1v) is 25.1. The van der Waals surface area contributed by atoms with Crippen molar-refractivity contribution in [1.29, 1.82) is 0 Å². The minimum Gasteiger partial charge on any atom is -0.468 e. The zero-order chi connectivity index (χ0) is 45.4. The second-order valence-corrected chi connectivity index (χ2v) is 24.9. The number of hydrogen-bond acceptors (Lipinski definition) is 10. The van der Waals surface area contributed by atoms with Gasteiger partial charge in [-0.3, -0.25) is 9.45 Å². The molecule has 2 aliphatic rings. The van der Waals surface area contributed by atoms with Crippen LogP contribution in [0.25, 0.3) is 32.9 Å². The van der Waals surface area contributed by atoms with Gasteiger partial charge in [0.2, 0.25) is 0 Å². The summed E-state index contributed by atoms with van der Waals surface area (Å²) in [5.74, 6) is 2.53. The number of likely N-dealkylation sites (N-methyl/N-ethyl adjacent to an activating group) is 1. The number of methoxy groups -OCH3 is 1. The fourth-order valence-corrected chi connectivity index (χ4v) is 15.8. The number of nitrogens with zero attached hydrogens (tertiary/aromatic N) is 5. The summed E-state index contributed by atoms with van der Waals surface area (Å²) in [6.45, 7) is 14.5. The Morgan fingerprint density at radius 3 is 2.48 bits per heavy atom. The standard InChI is InChI=1S/C47H56F3N5O6SSi/c1-29(2)63(30(3)4,31(5)6)20-16-37-40(49)14-13-33-22-35(61-28-59-8)23-38(41(33)37)43-42(50)44-39(25-51-46(53-44)60-27-47-17-10-18-55(47)26-34(48)24-47)45(52-43)54(7)19-15-32-11-9-12-36(21-32)62(56,57)58/h9,11-14,21-23,25,29-31,34H,10,15,17-19,24,26-28H2,1-8H3,(H,56,57,58)/t34-,47+/m1/s1. The molecule has 2 aliphatic heterocycles. The van der Waals surface area contributed by atoms with Crippen LogP contribution in [0.3, 0.4) is 0 Å². The molecule has 0 bridgehead atoms. The maximum Gasteiger partial charge on any atom is 0.317 e. The molecule has 5 aromatic rings. The van der Waals surface area contributed by atoms with Crippen molar-refractivity contribution in [3.05, 3.63) is 77.5 Å². The molecule has 0 spiro atoms. The van der Waals surface area contributed by atoms with Crippen LogP contribution in [-0.2, 0) is 21.3 Å². The van der Waals surface area contributed by atoms with Crippen molar-refractivity contribution in [1.82, 2.24) is 19.9 Å². The maximum atomic E-state index is 17.7. The van der Waals surface area contributed by atoms with Crippen molar-refractivity contribution in [2.45, 2.75) is 100 Å². The smallest absolute Gasteiger partial charge is 0.317 e. The number of ether oxygens (including phenoxy) is 3. The first-order valence-electron chi connectivity index (χ1n) is 21.5. The van der Waals surface area contributed by atoms with Crippen LogP contribution in [0.5, 0.6) is 11.8 Å². The number of alkyl halides is 1. The first kappa shape index (κ1) is 46.2. The molecule has 3 aromatic carbocycles. The summed E-state index contributed by atoms with van der Waals surface area (Å²) in [6.07, 6.45) is 2.79. The van der Waals surface area contributed by atoms with Gasteiger partial charge in [-0.2, -0.15) is 13.4 Å². The third kappa shape index (κ3) is 9.13. The van der Waals surface area contributed by atoms with E-state index >= 15 is 8.78 Å². The average molecular weight is 904 g/mol. The molecule has 11 nitrogen and oxygen atoms in total. The number of hydrogen-bond donors (Lipinski definition) is 1. The highest BCUT2D eigenvalue weighted by molar-refractivity contribution is 7.85. The third-order valence-corrected chi connectivity index (χ3v) is 20.2. The van der Waals surface area contributed by atoms with E-state index in [1.165, 1.54) is 31.5 Å². The Hall–Kier alpha value is -4.79. The fourth-order valence-electron chi connectivity index (χ4n) is 10.0. The monoisotopic (exact) mass is 903 g/mol. The van der Waals surface area contributed by atoms with E-state index < -0.39 is 41.5 Å². The minimum absolute atomic E-state index is 0.0882. The lowest BCUT2D eigenvalue weighted by Gasteiger charge is -2.38. The van der Waals surface area contributed by atoms with Crippen molar-refractivity contribution >= 4 is 45.7 Å². The summed E-state index contributed by atoms with van der Waals surface area (Å²) in [7, 11) is -3.57. The van der Waals surface area contributed by atoms with Crippen LogP contribution in [0.15, 0.2) is 59.6 Å². The van der Waals surface area contributed by atoms with Gasteiger partial charge in [0.25, 0.3) is 10.1 Å². The molecule has 7 rings (SSSR count). The molecule has 1 N–H and O–H groups in total. The van der Waals surface area contributed by atoms with Crippen LogP contribution >= 0.6 is 0 Å². The summed E-state index contributed by atoms with van der Waals surface area (Å²) in [5.41, 5.74) is 4.64. The Bertz CT molecular complexity index is 2670. The van der Waals surface area contributed by atoms with Crippen molar-refractivity contribution in [3.8, 4) is 34.5 Å². The van der Waals surface area contributed by atoms with Crippen LogP contribution in [-0.4, -0.2) is 99.8 Å². The highest BCUT2D eigenvalue weighted by Gasteiger charge is 2.49. The quantitative estimate of drug-likeness (QED) is 0.0467. The molecule has 0 saturated carbocycles. The molecule has 2 fully saturated rings. The second-order valence-electron chi connectivity index (χ2n) is 17.9. The Kier molecular flexibility index (Phi) is 13.5. The molecule has 2 aromatic heterocycles. The molecule has 0 radical (unpaired) electrons. The molecule has 16 heteroatoms. The number of halogens is 3. The summed E-state index contributed by atoms with van der Waals surface area (Å²) in [5, 5.41) is 1.15. The second kappa shape index (κ2) is 18.4. The molecule has 0 unspecified atom stereocenters. The molecule has 0 amide bonds. The Balaban J connectivity index is 1.43. The lowest BCUT2D eigenvalue weighted by atomic mass is 9.95. The van der Waals surface area contributed by atoms with Gasteiger partial charge >= 0.3 is 6.01 Å². The van der Waals surface area contributed by atoms with E-state index in [-0.39, 0.29) is 81.0 Å². The number of anilines is 1. The lowest BCUT2D eigenvalue weighted by Crippen LogP contribution is -2.43. The van der Waals surface area contributed by atoms with Gasteiger partial charge in [-0.1, -0.05) is 65.7 Å². The number of pyridine rings is 1. The van der Waals surface area contributed by atoms with Crippen LogP contribution in [0, 0.1) is 23.1 Å². The molecule has 0 aliphatic carbocycles. The van der Waals surface area contributed by atoms with Gasteiger partial charge in [0.05, 0.1) is 21.4 Å². The maximum absolute atomic E-state index is 17.7. The fraction of sp³-hybridized carbons (Fsp3) is 0.468. The predicted molar refractivity (Wildman–Crippen MR) is 242 cm³/mol. The van der Waals surface area contributed by atoms with E-state index in [2.05, 4.69) is 67.9 Å². The highest BCUT2D eigenvalue weighted by atomic mass is 32.2. The van der Waals surface area contributed by atoms with Gasteiger partial charge in [-0.05, 0) is 83.7 Å². The van der Waals surface area contributed by atoms with Crippen molar-refractivity contribution in [2.75, 3.05) is 52.1 Å². The molecular weight excluding hydrogens is 848 g/mol. The van der Waals surface area contributed by atoms with Gasteiger partial charge in [0.1, 0.15) is 49.4 Å². The summed E-state index contributed by atoms with van der Waals surface area (Å²) >= 11 is 0. The van der Waals surface area contributed by atoms with E-state index in [9.17, 15) is 17.4 Å².